The Morgan fingerprint density at radius 3 is 2.81 bits per heavy atom. The number of ether oxygens (including phenoxy) is 2. The molecule has 0 spiro atoms. The lowest BCUT2D eigenvalue weighted by atomic mass is 10.2. The fourth-order valence-electron chi connectivity index (χ4n) is 3.33. The molecule has 0 fully saturated rings. The van der Waals surface area contributed by atoms with E-state index in [-0.39, 0.29) is 18.1 Å². The molecule has 11 heteroatoms. The Labute approximate surface area is 224 Å². The highest BCUT2D eigenvalue weighted by molar-refractivity contribution is 14.1. The third kappa shape index (κ3) is 6.13. The Balaban J connectivity index is 1.47. The molecule has 0 unspecified atom stereocenters. The maximum Gasteiger partial charge on any atom is 0.307 e. The zero-order valence-electron chi connectivity index (χ0n) is 18.9. The predicted octanol–water partition coefficient (Wildman–Crippen LogP) is 6.34. The van der Waals surface area contributed by atoms with Crippen LogP contribution in [0, 0.1) is 13.7 Å². The number of amides is 1. The van der Waals surface area contributed by atoms with E-state index >= 15 is 0 Å². The van der Waals surface area contributed by atoms with Crippen molar-refractivity contribution in [3.63, 3.8) is 0 Å². The lowest BCUT2D eigenvalue weighted by Crippen LogP contribution is -2.16. The molecule has 0 saturated carbocycles. The second kappa shape index (κ2) is 11.4. The van der Waals surface area contributed by atoms with Gasteiger partial charge in [0.05, 0.1) is 21.3 Å². The van der Waals surface area contributed by atoms with Crippen molar-refractivity contribution < 1.29 is 23.6 Å². The summed E-state index contributed by atoms with van der Waals surface area (Å²) in [6.07, 6.45) is 1.48. The van der Waals surface area contributed by atoms with E-state index in [0.717, 1.165) is 3.57 Å². The first-order chi connectivity index (χ1) is 17.3. The van der Waals surface area contributed by atoms with Gasteiger partial charge in [-0.05, 0) is 77.0 Å². The highest BCUT2D eigenvalue weighted by Gasteiger charge is 2.14. The van der Waals surface area contributed by atoms with Gasteiger partial charge < -0.3 is 13.9 Å². The number of nitro benzene ring substituents is 1. The molecule has 0 atom stereocenters. The number of carbonyl (C=O) groups excluding carboxylic acids is 1. The molecule has 36 heavy (non-hydrogen) atoms. The van der Waals surface area contributed by atoms with E-state index in [1.165, 1.54) is 18.3 Å². The van der Waals surface area contributed by atoms with E-state index in [9.17, 15) is 14.9 Å². The molecule has 9 nitrogen and oxygen atoms in total. The second-order valence-corrected chi connectivity index (χ2v) is 9.07. The van der Waals surface area contributed by atoms with Crippen LogP contribution in [0.4, 0.5) is 5.69 Å². The lowest BCUT2D eigenvalue weighted by Gasteiger charge is -2.14. The Bertz CT molecular complexity index is 1470. The number of furan rings is 1. The first kappa shape index (κ1) is 25.5. The Morgan fingerprint density at radius 2 is 2.03 bits per heavy atom. The molecule has 1 heterocycles. The standard InChI is InChI=1S/C25H19ClIN3O6/c1-2-34-22-10-16(9-20(27)24(22)35-14-15-4-3-5-19(8-15)30(32)33)13-28-29-25(31)23-12-17-11-18(26)6-7-21(17)36-23/h3-13H,2,14H2,1H3,(H,29,31)/b28-13+. The van der Waals surface area contributed by atoms with Gasteiger partial charge in [-0.3, -0.25) is 14.9 Å². The SMILES string of the molecule is CCOc1cc(/C=N/NC(=O)c2cc3cc(Cl)ccc3o2)cc(I)c1OCc1cccc([N+](=O)[O-])c1. The van der Waals surface area contributed by atoms with E-state index in [1.54, 1.807) is 42.5 Å². The molecule has 4 rings (SSSR count). The fraction of sp³-hybridized carbons (Fsp3) is 0.120. The van der Waals surface area contributed by atoms with Crippen molar-refractivity contribution in [1.82, 2.24) is 5.43 Å². The molecular formula is C25H19ClIN3O6. The largest absolute Gasteiger partial charge is 0.490 e. The normalized spacial score (nSPS) is 11.1. The van der Waals surface area contributed by atoms with Crippen LogP contribution in [0.25, 0.3) is 11.0 Å². The van der Waals surface area contributed by atoms with Crippen molar-refractivity contribution in [2.75, 3.05) is 6.61 Å². The molecule has 1 aromatic heterocycles. The van der Waals surface area contributed by atoms with Gasteiger partial charge in [0.25, 0.3) is 5.69 Å². The summed E-state index contributed by atoms with van der Waals surface area (Å²) in [6, 6.07) is 16.5. The van der Waals surface area contributed by atoms with Crippen molar-refractivity contribution in [3.8, 4) is 11.5 Å². The van der Waals surface area contributed by atoms with Gasteiger partial charge in [0.1, 0.15) is 12.2 Å². The van der Waals surface area contributed by atoms with Crippen LogP contribution in [0.1, 0.15) is 28.6 Å². The number of nitrogens with zero attached hydrogens (tertiary/aromatic N) is 2. The molecule has 3 aromatic carbocycles. The first-order valence-corrected chi connectivity index (χ1v) is 12.1. The topological polar surface area (TPSA) is 116 Å². The summed E-state index contributed by atoms with van der Waals surface area (Å²) in [6.45, 7) is 2.37. The average Bonchev–Trinajstić information content (AvgIpc) is 3.27. The molecule has 0 saturated heterocycles. The molecular weight excluding hydrogens is 601 g/mol. The van der Waals surface area contributed by atoms with E-state index in [4.69, 9.17) is 25.5 Å². The number of nitro groups is 1. The molecule has 0 aliphatic heterocycles. The molecule has 4 aromatic rings. The van der Waals surface area contributed by atoms with E-state index in [0.29, 0.717) is 45.2 Å². The first-order valence-electron chi connectivity index (χ1n) is 10.7. The van der Waals surface area contributed by atoms with Gasteiger partial charge in [-0.15, -0.1) is 0 Å². The Hall–Kier alpha value is -3.64. The summed E-state index contributed by atoms with van der Waals surface area (Å²) < 4.78 is 18.0. The molecule has 184 valence electrons. The quantitative estimate of drug-likeness (QED) is 0.101. The fourth-order valence-corrected chi connectivity index (χ4v) is 4.29. The summed E-state index contributed by atoms with van der Waals surface area (Å²) in [7, 11) is 0. The molecule has 0 radical (unpaired) electrons. The zero-order chi connectivity index (χ0) is 25.7. The summed E-state index contributed by atoms with van der Waals surface area (Å²) in [4.78, 5) is 23.0. The molecule has 0 aliphatic carbocycles. The van der Waals surface area contributed by atoms with E-state index in [2.05, 4.69) is 33.1 Å². The number of nitrogens with one attached hydrogen (secondary N) is 1. The third-order valence-corrected chi connectivity index (χ3v) is 5.95. The van der Waals surface area contributed by atoms with Gasteiger partial charge >= 0.3 is 5.91 Å². The smallest absolute Gasteiger partial charge is 0.307 e. The predicted molar refractivity (Wildman–Crippen MR) is 144 cm³/mol. The number of benzene rings is 3. The maximum atomic E-state index is 12.4. The van der Waals surface area contributed by atoms with Gasteiger partial charge in [-0.25, -0.2) is 5.43 Å². The molecule has 1 N–H and O–H groups in total. The van der Waals surface area contributed by atoms with Crippen molar-refractivity contribution in [3.05, 3.63) is 96.3 Å². The maximum absolute atomic E-state index is 12.4. The van der Waals surface area contributed by atoms with Gasteiger partial charge in [0.2, 0.25) is 0 Å². The Kier molecular flexibility index (Phi) is 8.06. The van der Waals surface area contributed by atoms with Gasteiger partial charge in [-0.2, -0.15) is 5.10 Å². The van der Waals surface area contributed by atoms with Gasteiger partial charge in [0.15, 0.2) is 17.3 Å². The van der Waals surface area contributed by atoms with Crippen molar-refractivity contribution in [2.45, 2.75) is 13.5 Å². The zero-order valence-corrected chi connectivity index (χ0v) is 21.8. The highest BCUT2D eigenvalue weighted by atomic mass is 127. The number of non-ortho nitro benzene ring substituents is 1. The number of fused-ring (bicyclic) bond motifs is 1. The Morgan fingerprint density at radius 1 is 1.19 bits per heavy atom. The summed E-state index contributed by atoms with van der Waals surface area (Å²) in [5.41, 5.74) is 4.31. The van der Waals surface area contributed by atoms with Gasteiger partial charge in [-0.1, -0.05) is 23.7 Å². The molecule has 0 bridgehead atoms. The molecule has 1 amide bonds. The number of hydrogen-bond donors (Lipinski definition) is 1. The van der Waals surface area contributed by atoms with Crippen LogP contribution in [0.15, 0.2) is 70.2 Å². The van der Waals surface area contributed by atoms with Crippen LogP contribution < -0.4 is 14.9 Å². The average molecular weight is 620 g/mol. The minimum Gasteiger partial charge on any atom is -0.490 e. The number of hydrazone groups is 1. The lowest BCUT2D eigenvalue weighted by molar-refractivity contribution is -0.384. The third-order valence-electron chi connectivity index (χ3n) is 4.92. The number of hydrogen-bond acceptors (Lipinski definition) is 7. The summed E-state index contributed by atoms with van der Waals surface area (Å²) >= 11 is 8.08. The minimum absolute atomic E-state index is 0.00381. The van der Waals surface area contributed by atoms with Crippen LogP contribution in [0.3, 0.4) is 0 Å². The van der Waals surface area contributed by atoms with Crippen molar-refractivity contribution in [2.24, 2.45) is 5.10 Å². The van der Waals surface area contributed by atoms with Crippen LogP contribution in [-0.4, -0.2) is 23.7 Å². The van der Waals surface area contributed by atoms with Crippen LogP contribution in [0.5, 0.6) is 11.5 Å². The van der Waals surface area contributed by atoms with E-state index < -0.39 is 10.8 Å². The van der Waals surface area contributed by atoms with Crippen LogP contribution >= 0.6 is 34.2 Å². The van der Waals surface area contributed by atoms with Crippen molar-refractivity contribution in [1.29, 1.82) is 0 Å². The minimum atomic E-state index is -0.504. The number of rotatable bonds is 9. The summed E-state index contributed by atoms with van der Waals surface area (Å²) in [5.74, 6) is 0.594. The van der Waals surface area contributed by atoms with E-state index in [1.807, 2.05) is 13.0 Å². The molecule has 0 aliphatic rings. The highest BCUT2D eigenvalue weighted by Crippen LogP contribution is 2.34. The second-order valence-electron chi connectivity index (χ2n) is 7.47. The van der Waals surface area contributed by atoms with Gasteiger partial charge in [0, 0.05) is 22.5 Å². The number of carbonyl (C=O) groups is 1. The van der Waals surface area contributed by atoms with Crippen molar-refractivity contribution >= 4 is 63.0 Å². The summed E-state index contributed by atoms with van der Waals surface area (Å²) in [5, 5.41) is 16.3. The number of halogens is 2. The monoisotopic (exact) mass is 619 g/mol. The van der Waals surface area contributed by atoms with Crippen LogP contribution in [0.2, 0.25) is 5.02 Å². The van der Waals surface area contributed by atoms with Crippen LogP contribution in [-0.2, 0) is 6.61 Å².